The van der Waals surface area contributed by atoms with Gasteiger partial charge in [-0.05, 0) is 12.1 Å². The molecule has 1 aromatic carbocycles. The third-order valence-electron chi connectivity index (χ3n) is 2.37. The predicted molar refractivity (Wildman–Crippen MR) is 58.0 cm³/mol. The number of aromatic nitrogens is 1. The zero-order chi connectivity index (χ0) is 10.8. The summed E-state index contributed by atoms with van der Waals surface area (Å²) in [5.41, 5.74) is 0.436. The Bertz CT molecular complexity index is 520. The fourth-order valence-electron chi connectivity index (χ4n) is 1.58. The fourth-order valence-corrected chi connectivity index (χ4v) is 1.58. The van der Waals surface area contributed by atoms with Crippen LogP contribution in [0.1, 0.15) is 23.8 Å². The minimum atomic E-state index is -0.00815. The summed E-state index contributed by atoms with van der Waals surface area (Å²) in [6.45, 7) is 1.80. The third-order valence-corrected chi connectivity index (χ3v) is 2.37. The van der Waals surface area contributed by atoms with Crippen LogP contribution in [0.15, 0.2) is 30.5 Å². The molecule has 2 aromatic rings. The lowest BCUT2D eigenvalue weighted by Crippen LogP contribution is -2.00. The van der Waals surface area contributed by atoms with E-state index in [1.54, 1.807) is 37.4 Å². The van der Waals surface area contributed by atoms with Crippen LogP contribution in [0, 0.1) is 0 Å². The third kappa shape index (κ3) is 1.56. The van der Waals surface area contributed by atoms with Gasteiger partial charge in [0.1, 0.15) is 11.4 Å². The van der Waals surface area contributed by atoms with Crippen LogP contribution in [0.25, 0.3) is 10.8 Å². The van der Waals surface area contributed by atoms with Gasteiger partial charge in [0.05, 0.1) is 0 Å². The monoisotopic (exact) mass is 201 g/mol. The normalized spacial score (nSPS) is 10.5. The van der Waals surface area contributed by atoms with Crippen LogP contribution in [0.2, 0.25) is 0 Å². The Hall–Kier alpha value is -1.90. The first kappa shape index (κ1) is 9.65. The summed E-state index contributed by atoms with van der Waals surface area (Å²) in [5, 5.41) is 11.0. The van der Waals surface area contributed by atoms with Crippen molar-refractivity contribution in [1.29, 1.82) is 0 Å². The van der Waals surface area contributed by atoms with Crippen LogP contribution in [0.4, 0.5) is 0 Å². The highest BCUT2D eigenvalue weighted by atomic mass is 16.3. The molecule has 15 heavy (non-hydrogen) atoms. The summed E-state index contributed by atoms with van der Waals surface area (Å²) in [6, 6.07) is 6.82. The number of hydrogen-bond acceptors (Lipinski definition) is 3. The Morgan fingerprint density at radius 1 is 1.33 bits per heavy atom. The smallest absolute Gasteiger partial charge is 0.181 e. The van der Waals surface area contributed by atoms with Gasteiger partial charge in [-0.2, -0.15) is 0 Å². The minimum absolute atomic E-state index is 0.00815. The van der Waals surface area contributed by atoms with Crippen molar-refractivity contribution in [1.82, 2.24) is 4.98 Å². The molecule has 0 saturated heterocycles. The lowest BCUT2D eigenvalue weighted by Gasteiger charge is -2.04. The zero-order valence-corrected chi connectivity index (χ0v) is 8.40. The van der Waals surface area contributed by atoms with Gasteiger partial charge < -0.3 is 5.11 Å². The van der Waals surface area contributed by atoms with E-state index in [0.29, 0.717) is 22.9 Å². The molecule has 2 rings (SSSR count). The molecular weight excluding hydrogens is 190 g/mol. The summed E-state index contributed by atoms with van der Waals surface area (Å²) in [4.78, 5) is 15.7. The van der Waals surface area contributed by atoms with Gasteiger partial charge in [0, 0.05) is 23.4 Å². The number of Topliss-reactive ketones (excluding diaryl/α,β-unsaturated/α-hetero) is 1. The number of pyridine rings is 1. The second-order valence-electron chi connectivity index (χ2n) is 3.31. The van der Waals surface area contributed by atoms with Crippen LogP contribution in [0.3, 0.4) is 0 Å². The zero-order valence-electron chi connectivity index (χ0n) is 8.40. The van der Waals surface area contributed by atoms with Crippen molar-refractivity contribution in [2.24, 2.45) is 0 Å². The van der Waals surface area contributed by atoms with Crippen molar-refractivity contribution in [3.8, 4) is 5.75 Å². The molecule has 1 heterocycles. The molecule has 0 aliphatic heterocycles. The molecule has 0 spiro atoms. The molecule has 3 heteroatoms. The van der Waals surface area contributed by atoms with E-state index < -0.39 is 0 Å². The van der Waals surface area contributed by atoms with Crippen LogP contribution in [-0.2, 0) is 0 Å². The molecule has 0 atom stereocenters. The van der Waals surface area contributed by atoms with E-state index in [-0.39, 0.29) is 11.5 Å². The molecule has 0 unspecified atom stereocenters. The number of ketones is 1. The van der Waals surface area contributed by atoms with E-state index in [9.17, 15) is 9.90 Å². The van der Waals surface area contributed by atoms with E-state index in [1.807, 2.05) is 0 Å². The Kier molecular flexibility index (Phi) is 2.37. The Balaban J connectivity index is 2.77. The second kappa shape index (κ2) is 3.69. The number of fused-ring (bicyclic) bond motifs is 1. The lowest BCUT2D eigenvalue weighted by atomic mass is 10.1. The standard InChI is InChI=1S/C12H11NO2/c1-2-10(14)12-9-4-3-5-11(15)8(9)6-7-13-12/h3-7,15H,2H2,1H3. The molecule has 76 valence electrons. The minimum Gasteiger partial charge on any atom is -0.507 e. The highest BCUT2D eigenvalue weighted by Gasteiger charge is 2.10. The maximum absolute atomic E-state index is 11.6. The quantitative estimate of drug-likeness (QED) is 0.759. The molecule has 0 aliphatic carbocycles. The van der Waals surface area contributed by atoms with Crippen molar-refractivity contribution >= 4 is 16.6 Å². The van der Waals surface area contributed by atoms with Gasteiger partial charge in [-0.15, -0.1) is 0 Å². The molecular formula is C12H11NO2. The van der Waals surface area contributed by atoms with E-state index in [1.165, 1.54) is 0 Å². The molecule has 0 bridgehead atoms. The first-order valence-corrected chi connectivity index (χ1v) is 4.84. The fraction of sp³-hybridized carbons (Fsp3) is 0.167. The first-order chi connectivity index (χ1) is 7.24. The van der Waals surface area contributed by atoms with Crippen LogP contribution < -0.4 is 0 Å². The first-order valence-electron chi connectivity index (χ1n) is 4.84. The summed E-state index contributed by atoms with van der Waals surface area (Å²) < 4.78 is 0. The number of carbonyl (C=O) groups excluding carboxylic acids is 1. The number of nitrogens with zero attached hydrogens (tertiary/aromatic N) is 1. The maximum atomic E-state index is 11.6. The Morgan fingerprint density at radius 3 is 2.87 bits per heavy atom. The van der Waals surface area contributed by atoms with Crippen molar-refractivity contribution in [2.45, 2.75) is 13.3 Å². The Morgan fingerprint density at radius 2 is 2.13 bits per heavy atom. The number of aromatic hydroxyl groups is 1. The summed E-state index contributed by atoms with van der Waals surface area (Å²) in [6.07, 6.45) is 1.96. The van der Waals surface area contributed by atoms with Crippen molar-refractivity contribution in [3.63, 3.8) is 0 Å². The van der Waals surface area contributed by atoms with E-state index >= 15 is 0 Å². The summed E-state index contributed by atoms with van der Waals surface area (Å²) >= 11 is 0. The number of carbonyl (C=O) groups is 1. The number of benzene rings is 1. The average Bonchev–Trinajstić information content (AvgIpc) is 2.28. The summed E-state index contributed by atoms with van der Waals surface area (Å²) in [7, 11) is 0. The van der Waals surface area contributed by atoms with Gasteiger partial charge in [-0.1, -0.05) is 19.1 Å². The highest BCUT2D eigenvalue weighted by Crippen LogP contribution is 2.25. The van der Waals surface area contributed by atoms with Gasteiger partial charge >= 0.3 is 0 Å². The van der Waals surface area contributed by atoms with Gasteiger partial charge in [0.25, 0.3) is 0 Å². The van der Waals surface area contributed by atoms with E-state index in [2.05, 4.69) is 4.98 Å². The van der Waals surface area contributed by atoms with E-state index in [0.717, 1.165) is 0 Å². The Labute approximate surface area is 87.4 Å². The number of rotatable bonds is 2. The molecule has 1 aromatic heterocycles. The van der Waals surface area contributed by atoms with Crippen LogP contribution in [0.5, 0.6) is 5.75 Å². The highest BCUT2D eigenvalue weighted by molar-refractivity contribution is 6.07. The molecule has 0 saturated carbocycles. The van der Waals surface area contributed by atoms with Crippen molar-refractivity contribution in [2.75, 3.05) is 0 Å². The van der Waals surface area contributed by atoms with Crippen molar-refractivity contribution < 1.29 is 9.90 Å². The molecule has 0 aliphatic rings. The molecule has 1 N–H and O–H groups in total. The average molecular weight is 201 g/mol. The van der Waals surface area contributed by atoms with Gasteiger partial charge in [-0.3, -0.25) is 9.78 Å². The van der Waals surface area contributed by atoms with Gasteiger partial charge in [0.2, 0.25) is 0 Å². The van der Waals surface area contributed by atoms with Gasteiger partial charge in [0.15, 0.2) is 5.78 Å². The number of phenols is 1. The number of phenolic OH excluding ortho intramolecular Hbond substituents is 1. The molecule has 3 nitrogen and oxygen atoms in total. The van der Waals surface area contributed by atoms with Crippen molar-refractivity contribution in [3.05, 3.63) is 36.2 Å². The summed E-state index contributed by atoms with van der Waals surface area (Å²) in [5.74, 6) is 0.172. The topological polar surface area (TPSA) is 50.2 Å². The largest absolute Gasteiger partial charge is 0.507 e. The van der Waals surface area contributed by atoms with Crippen LogP contribution >= 0.6 is 0 Å². The lowest BCUT2D eigenvalue weighted by molar-refractivity contribution is 0.0985. The number of hydrogen-bond donors (Lipinski definition) is 1. The molecule has 0 fully saturated rings. The molecule has 0 radical (unpaired) electrons. The second-order valence-corrected chi connectivity index (χ2v) is 3.31. The SMILES string of the molecule is CCC(=O)c1nccc2c(O)cccc12. The van der Waals surface area contributed by atoms with Crippen LogP contribution in [-0.4, -0.2) is 15.9 Å². The van der Waals surface area contributed by atoms with Gasteiger partial charge in [-0.25, -0.2) is 0 Å². The van der Waals surface area contributed by atoms with E-state index in [4.69, 9.17) is 0 Å². The molecule has 0 amide bonds. The predicted octanol–water partition coefficient (Wildman–Crippen LogP) is 2.53. The maximum Gasteiger partial charge on any atom is 0.181 e.